The third-order valence-corrected chi connectivity index (χ3v) is 2.10. The summed E-state index contributed by atoms with van der Waals surface area (Å²) in [6.45, 7) is 1.84. The van der Waals surface area contributed by atoms with Crippen LogP contribution in [0.4, 0.5) is 10.1 Å². The molecule has 0 saturated carbocycles. The summed E-state index contributed by atoms with van der Waals surface area (Å²) in [5.74, 6) is -1.41. The van der Waals surface area contributed by atoms with Gasteiger partial charge in [0.05, 0.1) is 11.0 Å². The molecule has 1 amide bonds. The van der Waals surface area contributed by atoms with Gasteiger partial charge in [0.25, 0.3) is 11.6 Å². The van der Waals surface area contributed by atoms with Crippen molar-refractivity contribution in [2.45, 2.75) is 12.3 Å². The average molecular weight is 261 g/mol. The summed E-state index contributed by atoms with van der Waals surface area (Å²) in [6, 6.07) is 2.77. The number of halogens is 2. The van der Waals surface area contributed by atoms with Gasteiger partial charge >= 0.3 is 0 Å². The van der Waals surface area contributed by atoms with E-state index in [2.05, 4.69) is 5.32 Å². The molecule has 92 valence electrons. The molecule has 1 rings (SSSR count). The Kier molecular flexibility index (Phi) is 4.39. The van der Waals surface area contributed by atoms with Gasteiger partial charge in [-0.25, -0.2) is 4.39 Å². The van der Waals surface area contributed by atoms with E-state index in [0.29, 0.717) is 6.07 Å². The van der Waals surface area contributed by atoms with Crippen molar-refractivity contribution in [1.82, 2.24) is 5.32 Å². The van der Waals surface area contributed by atoms with E-state index >= 15 is 0 Å². The van der Waals surface area contributed by atoms with E-state index in [1.165, 1.54) is 0 Å². The normalized spacial score (nSPS) is 11.9. The summed E-state index contributed by atoms with van der Waals surface area (Å²) in [7, 11) is 0. The van der Waals surface area contributed by atoms with Crippen LogP contribution in [0, 0.1) is 15.9 Å². The van der Waals surface area contributed by atoms with Gasteiger partial charge < -0.3 is 5.32 Å². The lowest BCUT2D eigenvalue weighted by molar-refractivity contribution is -0.385. The van der Waals surface area contributed by atoms with Gasteiger partial charge in [-0.3, -0.25) is 14.9 Å². The fourth-order valence-corrected chi connectivity index (χ4v) is 1.25. The molecule has 0 aliphatic rings. The standard InChI is InChI=1S/C10H10ClFN2O3/c1-6(11)5-13-10(15)8-3-2-7(12)4-9(8)14(16)17/h2-4,6H,5H2,1H3,(H,13,15). The highest BCUT2D eigenvalue weighted by atomic mass is 35.5. The van der Waals surface area contributed by atoms with Gasteiger partial charge in [-0.15, -0.1) is 11.6 Å². The number of carbonyl (C=O) groups is 1. The summed E-state index contributed by atoms with van der Waals surface area (Å²) in [4.78, 5) is 21.4. The van der Waals surface area contributed by atoms with Crippen LogP contribution < -0.4 is 5.32 Å². The second-order valence-electron chi connectivity index (χ2n) is 3.41. The van der Waals surface area contributed by atoms with E-state index < -0.39 is 22.3 Å². The first-order valence-corrected chi connectivity index (χ1v) is 5.21. The average Bonchev–Trinajstić information content (AvgIpc) is 2.25. The highest BCUT2D eigenvalue weighted by Gasteiger charge is 2.20. The lowest BCUT2D eigenvalue weighted by Crippen LogP contribution is -2.29. The Morgan fingerprint density at radius 3 is 2.82 bits per heavy atom. The number of hydrogen-bond acceptors (Lipinski definition) is 3. The van der Waals surface area contributed by atoms with E-state index in [0.717, 1.165) is 12.1 Å². The minimum Gasteiger partial charge on any atom is -0.350 e. The maximum absolute atomic E-state index is 12.8. The van der Waals surface area contributed by atoms with Crippen molar-refractivity contribution >= 4 is 23.2 Å². The van der Waals surface area contributed by atoms with Crippen LogP contribution in [0.3, 0.4) is 0 Å². The highest BCUT2D eigenvalue weighted by molar-refractivity contribution is 6.20. The summed E-state index contributed by atoms with van der Waals surface area (Å²) < 4.78 is 12.8. The molecule has 0 heterocycles. The van der Waals surface area contributed by atoms with E-state index in [9.17, 15) is 19.3 Å². The third kappa shape index (κ3) is 3.67. The zero-order valence-electron chi connectivity index (χ0n) is 8.94. The van der Waals surface area contributed by atoms with Crippen molar-refractivity contribution < 1.29 is 14.1 Å². The molecule has 1 N–H and O–H groups in total. The van der Waals surface area contributed by atoms with E-state index in [1.54, 1.807) is 6.92 Å². The predicted molar refractivity (Wildman–Crippen MR) is 60.7 cm³/mol. The summed E-state index contributed by atoms with van der Waals surface area (Å²) >= 11 is 5.63. The summed E-state index contributed by atoms with van der Waals surface area (Å²) in [5.41, 5.74) is -0.751. The highest BCUT2D eigenvalue weighted by Crippen LogP contribution is 2.19. The van der Waals surface area contributed by atoms with Crippen LogP contribution in [0.25, 0.3) is 0 Å². The first-order valence-electron chi connectivity index (χ1n) is 4.78. The smallest absolute Gasteiger partial charge is 0.285 e. The molecule has 0 radical (unpaired) electrons. The minimum atomic E-state index is -0.803. The number of nitro benzene ring substituents is 1. The van der Waals surface area contributed by atoms with Crippen molar-refractivity contribution in [1.29, 1.82) is 0 Å². The molecule has 0 fully saturated rings. The Labute approximate surface area is 102 Å². The maximum atomic E-state index is 12.8. The van der Waals surface area contributed by atoms with Gasteiger partial charge in [0.2, 0.25) is 0 Å². The van der Waals surface area contributed by atoms with Crippen LogP contribution in [-0.2, 0) is 0 Å². The van der Waals surface area contributed by atoms with Crippen LogP contribution in [0.2, 0.25) is 0 Å². The van der Waals surface area contributed by atoms with Gasteiger partial charge in [0.1, 0.15) is 11.4 Å². The van der Waals surface area contributed by atoms with Gasteiger partial charge in [-0.2, -0.15) is 0 Å². The summed E-state index contributed by atoms with van der Waals surface area (Å²) in [5, 5.41) is 12.8. The Hall–Kier alpha value is -1.69. The molecule has 7 heteroatoms. The number of nitro groups is 1. The molecule has 0 aromatic heterocycles. The van der Waals surface area contributed by atoms with Crippen LogP contribution in [0.1, 0.15) is 17.3 Å². The second-order valence-corrected chi connectivity index (χ2v) is 4.15. The van der Waals surface area contributed by atoms with E-state index in [1.807, 2.05) is 0 Å². The topological polar surface area (TPSA) is 72.2 Å². The molecule has 0 bridgehead atoms. The molecule has 5 nitrogen and oxygen atoms in total. The molecule has 1 aromatic carbocycles. The number of nitrogens with one attached hydrogen (secondary N) is 1. The second kappa shape index (κ2) is 5.58. The summed E-state index contributed by atoms with van der Waals surface area (Å²) in [6.07, 6.45) is 0. The number of rotatable bonds is 4. The number of amides is 1. The fourth-order valence-electron chi connectivity index (χ4n) is 1.18. The molecular formula is C10H10ClFN2O3. The fraction of sp³-hybridized carbons (Fsp3) is 0.300. The lowest BCUT2D eigenvalue weighted by Gasteiger charge is -2.06. The predicted octanol–water partition coefficient (Wildman–Crippen LogP) is 2.09. The van der Waals surface area contributed by atoms with E-state index in [4.69, 9.17) is 11.6 Å². The largest absolute Gasteiger partial charge is 0.350 e. The van der Waals surface area contributed by atoms with Gasteiger partial charge in [-0.05, 0) is 19.1 Å². The molecule has 0 saturated heterocycles. The minimum absolute atomic E-state index is 0.176. The van der Waals surface area contributed by atoms with Crippen LogP contribution >= 0.6 is 11.6 Å². The van der Waals surface area contributed by atoms with E-state index in [-0.39, 0.29) is 17.5 Å². The van der Waals surface area contributed by atoms with Crippen molar-refractivity contribution in [3.05, 3.63) is 39.7 Å². The van der Waals surface area contributed by atoms with Crippen molar-refractivity contribution in [3.8, 4) is 0 Å². The third-order valence-electron chi connectivity index (χ3n) is 1.94. The van der Waals surface area contributed by atoms with Crippen molar-refractivity contribution in [2.75, 3.05) is 6.54 Å². The quantitative estimate of drug-likeness (QED) is 0.512. The molecular weight excluding hydrogens is 251 g/mol. The Morgan fingerprint density at radius 2 is 2.29 bits per heavy atom. The molecule has 0 aliphatic heterocycles. The zero-order valence-corrected chi connectivity index (χ0v) is 9.70. The molecule has 0 spiro atoms. The van der Waals surface area contributed by atoms with Crippen LogP contribution in [0.5, 0.6) is 0 Å². The monoisotopic (exact) mass is 260 g/mol. The molecule has 0 aliphatic carbocycles. The molecule has 1 aromatic rings. The molecule has 1 unspecified atom stereocenters. The number of benzene rings is 1. The zero-order chi connectivity index (χ0) is 13.0. The van der Waals surface area contributed by atoms with Crippen LogP contribution in [0.15, 0.2) is 18.2 Å². The SMILES string of the molecule is CC(Cl)CNC(=O)c1ccc(F)cc1[N+](=O)[O-]. The number of hydrogen-bond donors (Lipinski definition) is 1. The Bertz CT molecular complexity index is 451. The molecule has 1 atom stereocenters. The lowest BCUT2D eigenvalue weighted by atomic mass is 10.1. The van der Waals surface area contributed by atoms with Crippen LogP contribution in [-0.4, -0.2) is 22.8 Å². The number of nitrogens with zero attached hydrogens (tertiary/aromatic N) is 1. The number of carbonyl (C=O) groups excluding carboxylic acids is 1. The van der Waals surface area contributed by atoms with Gasteiger partial charge in [0.15, 0.2) is 0 Å². The van der Waals surface area contributed by atoms with Gasteiger partial charge in [-0.1, -0.05) is 0 Å². The number of alkyl halides is 1. The first-order chi connectivity index (χ1) is 7.91. The van der Waals surface area contributed by atoms with Gasteiger partial charge in [0, 0.05) is 11.9 Å². The van der Waals surface area contributed by atoms with Crippen molar-refractivity contribution in [3.63, 3.8) is 0 Å². The van der Waals surface area contributed by atoms with Crippen molar-refractivity contribution in [2.24, 2.45) is 0 Å². The maximum Gasteiger partial charge on any atom is 0.285 e. The first kappa shape index (κ1) is 13.4. The Morgan fingerprint density at radius 1 is 1.65 bits per heavy atom. The molecule has 17 heavy (non-hydrogen) atoms. The Balaban J connectivity index is 2.96.